The van der Waals surface area contributed by atoms with Crippen molar-refractivity contribution in [3.8, 4) is 0 Å². The molecule has 0 aliphatic heterocycles. The number of fused-ring (bicyclic) bond motifs is 1. The molecule has 136 valence electrons. The van der Waals surface area contributed by atoms with Crippen LogP contribution >= 0.6 is 0 Å². The Morgan fingerprint density at radius 2 is 1.46 bits per heavy atom. The first kappa shape index (κ1) is 18.6. The predicted octanol–water partition coefficient (Wildman–Crippen LogP) is 1.28. The number of esters is 2. The van der Waals surface area contributed by atoms with E-state index in [-0.39, 0.29) is 11.4 Å². The van der Waals surface area contributed by atoms with Gasteiger partial charge in [0.05, 0.1) is 47.8 Å². The van der Waals surface area contributed by atoms with E-state index >= 15 is 0 Å². The lowest BCUT2D eigenvalue weighted by Gasteiger charge is -2.04. The quantitative estimate of drug-likeness (QED) is 0.397. The smallest absolute Gasteiger partial charge is 0.340 e. The third-order valence-electron chi connectivity index (χ3n) is 3.50. The fourth-order valence-corrected chi connectivity index (χ4v) is 2.21. The van der Waals surface area contributed by atoms with Crippen LogP contribution in [-0.2, 0) is 9.47 Å². The number of aromatic nitrogens is 2. The predicted molar refractivity (Wildman–Crippen MR) is 96.9 cm³/mol. The van der Waals surface area contributed by atoms with Gasteiger partial charge in [-0.2, -0.15) is 0 Å². The summed E-state index contributed by atoms with van der Waals surface area (Å²) < 4.78 is 9.08. The summed E-state index contributed by atoms with van der Waals surface area (Å²) in [6.07, 6.45) is 0. The number of hydrogen-bond acceptors (Lipinski definition) is 7. The fourth-order valence-electron chi connectivity index (χ4n) is 2.21. The summed E-state index contributed by atoms with van der Waals surface area (Å²) in [6.45, 7) is 0. The summed E-state index contributed by atoms with van der Waals surface area (Å²) in [6, 6.07) is 9.83. The Morgan fingerprint density at radius 1 is 0.885 bits per heavy atom. The number of aromatic amines is 2. The number of rotatable bonds is 2. The lowest BCUT2D eigenvalue weighted by atomic mass is 10.1. The summed E-state index contributed by atoms with van der Waals surface area (Å²) >= 11 is 0. The zero-order chi connectivity index (χ0) is 19.3. The van der Waals surface area contributed by atoms with E-state index in [4.69, 9.17) is 11.5 Å². The number of anilines is 2. The molecule has 0 spiro atoms. The van der Waals surface area contributed by atoms with Crippen LogP contribution in [0.5, 0.6) is 0 Å². The third-order valence-corrected chi connectivity index (χ3v) is 3.50. The number of nitrogen functional groups attached to an aromatic ring is 2. The molecular weight excluding hydrogens is 340 g/mol. The Bertz CT molecular complexity index is 1010. The van der Waals surface area contributed by atoms with Crippen molar-refractivity contribution in [1.82, 2.24) is 9.97 Å². The number of nitrogens with two attached hydrogens (primary N) is 2. The van der Waals surface area contributed by atoms with Crippen LogP contribution in [0.4, 0.5) is 11.4 Å². The van der Waals surface area contributed by atoms with E-state index in [9.17, 15) is 14.4 Å². The second-order valence-electron chi connectivity index (χ2n) is 5.10. The summed E-state index contributed by atoms with van der Waals surface area (Å²) in [5, 5.41) is 0. The molecule has 1 heterocycles. The molecule has 9 nitrogen and oxygen atoms in total. The first-order valence-electron chi connectivity index (χ1n) is 7.40. The normalized spacial score (nSPS) is 9.92. The molecule has 0 saturated carbocycles. The molecule has 0 unspecified atom stereocenters. The maximum Gasteiger partial charge on any atom is 0.340 e. The van der Waals surface area contributed by atoms with Gasteiger partial charge in [-0.3, -0.25) is 0 Å². The van der Waals surface area contributed by atoms with Gasteiger partial charge in [0, 0.05) is 0 Å². The van der Waals surface area contributed by atoms with Crippen LogP contribution in [-0.4, -0.2) is 36.1 Å². The number of benzene rings is 2. The second-order valence-corrected chi connectivity index (χ2v) is 5.10. The highest BCUT2D eigenvalue weighted by molar-refractivity contribution is 6.01. The average molecular weight is 358 g/mol. The van der Waals surface area contributed by atoms with Gasteiger partial charge in [-0.15, -0.1) is 0 Å². The molecule has 0 aliphatic rings. The summed E-state index contributed by atoms with van der Waals surface area (Å²) in [5.41, 5.74) is 13.1. The van der Waals surface area contributed by atoms with Crippen LogP contribution in [0.15, 0.2) is 41.2 Å². The van der Waals surface area contributed by atoms with Gasteiger partial charge in [-0.25, -0.2) is 14.4 Å². The molecule has 0 atom stereocenters. The first-order valence-corrected chi connectivity index (χ1v) is 7.40. The SMILES string of the molecule is COC(=O)c1cccc(N)c1N.COC(=O)c1cccc2[nH]c(=O)[nH]c12. The topological polar surface area (TPSA) is 153 Å². The zero-order valence-corrected chi connectivity index (χ0v) is 14.2. The second kappa shape index (κ2) is 7.88. The van der Waals surface area contributed by atoms with Gasteiger partial charge in [0.2, 0.25) is 0 Å². The van der Waals surface area contributed by atoms with E-state index in [1.807, 2.05) is 0 Å². The van der Waals surface area contributed by atoms with Crippen LogP contribution in [0, 0.1) is 0 Å². The van der Waals surface area contributed by atoms with Gasteiger partial charge in [-0.1, -0.05) is 12.1 Å². The van der Waals surface area contributed by atoms with E-state index in [0.717, 1.165) is 0 Å². The molecule has 2 aromatic carbocycles. The Kier molecular flexibility index (Phi) is 5.63. The maximum atomic E-state index is 11.3. The maximum absolute atomic E-state index is 11.3. The highest BCUT2D eigenvalue weighted by atomic mass is 16.5. The molecule has 3 aromatic rings. The number of hydrogen-bond donors (Lipinski definition) is 4. The number of imidazole rings is 1. The Balaban J connectivity index is 0.000000190. The number of carbonyl (C=O) groups is 2. The molecule has 0 saturated heterocycles. The van der Waals surface area contributed by atoms with Crippen molar-refractivity contribution in [3.63, 3.8) is 0 Å². The number of nitrogens with one attached hydrogen (secondary N) is 2. The summed E-state index contributed by atoms with van der Waals surface area (Å²) in [7, 11) is 2.59. The molecule has 0 radical (unpaired) electrons. The van der Waals surface area contributed by atoms with Crippen molar-refractivity contribution in [2.24, 2.45) is 0 Å². The molecule has 6 N–H and O–H groups in total. The molecule has 0 fully saturated rings. The highest BCUT2D eigenvalue weighted by Crippen LogP contribution is 2.19. The van der Waals surface area contributed by atoms with Gasteiger partial charge >= 0.3 is 17.6 Å². The van der Waals surface area contributed by atoms with Crippen molar-refractivity contribution in [1.29, 1.82) is 0 Å². The molecule has 0 amide bonds. The summed E-state index contributed by atoms with van der Waals surface area (Å²) in [4.78, 5) is 38.4. The number of H-pyrrole nitrogens is 2. The lowest BCUT2D eigenvalue weighted by molar-refractivity contribution is 0.0593. The van der Waals surface area contributed by atoms with Gasteiger partial charge < -0.3 is 30.9 Å². The Morgan fingerprint density at radius 3 is 2.12 bits per heavy atom. The van der Waals surface area contributed by atoms with E-state index in [1.54, 1.807) is 36.4 Å². The highest BCUT2D eigenvalue weighted by Gasteiger charge is 2.11. The number of ether oxygens (including phenoxy) is 2. The first-order chi connectivity index (χ1) is 12.4. The van der Waals surface area contributed by atoms with E-state index in [1.165, 1.54) is 14.2 Å². The summed E-state index contributed by atoms with van der Waals surface area (Å²) in [5.74, 6) is -0.939. The van der Waals surface area contributed by atoms with Gasteiger partial charge in [0.1, 0.15) is 0 Å². The Labute approximate surface area is 147 Å². The molecule has 3 rings (SSSR count). The van der Waals surface area contributed by atoms with Crippen molar-refractivity contribution >= 4 is 34.3 Å². The minimum absolute atomic E-state index is 0.268. The molecular formula is C17H18N4O5. The molecule has 26 heavy (non-hydrogen) atoms. The monoisotopic (exact) mass is 358 g/mol. The van der Waals surface area contributed by atoms with Crippen molar-refractivity contribution in [3.05, 3.63) is 58.0 Å². The molecule has 0 aliphatic carbocycles. The van der Waals surface area contributed by atoms with E-state index in [2.05, 4.69) is 19.4 Å². The van der Waals surface area contributed by atoms with Crippen molar-refractivity contribution < 1.29 is 19.1 Å². The third kappa shape index (κ3) is 3.83. The number of carbonyl (C=O) groups excluding carboxylic acids is 2. The average Bonchev–Trinajstić information content (AvgIpc) is 3.03. The fraction of sp³-hybridized carbons (Fsp3) is 0.118. The van der Waals surface area contributed by atoms with Crippen LogP contribution in [0.2, 0.25) is 0 Å². The van der Waals surface area contributed by atoms with Crippen LogP contribution in [0.1, 0.15) is 20.7 Å². The van der Waals surface area contributed by atoms with Crippen molar-refractivity contribution in [2.75, 3.05) is 25.7 Å². The van der Waals surface area contributed by atoms with E-state index in [0.29, 0.717) is 27.8 Å². The standard InChI is InChI=1S/C9H8N2O3.C8H10N2O2/c1-14-8(12)5-3-2-4-6-7(5)11-9(13)10-6;1-12-8(11)5-3-2-4-6(9)7(5)10/h2-4H,1H3,(H2,10,11,13);2-4H,9-10H2,1H3. The minimum Gasteiger partial charge on any atom is -0.465 e. The molecule has 9 heteroatoms. The van der Waals surface area contributed by atoms with Crippen molar-refractivity contribution in [2.45, 2.75) is 0 Å². The van der Waals surface area contributed by atoms with Gasteiger partial charge in [-0.05, 0) is 24.3 Å². The number of methoxy groups -OCH3 is 2. The van der Waals surface area contributed by atoms with Gasteiger partial charge in [0.15, 0.2) is 0 Å². The van der Waals surface area contributed by atoms with Crippen LogP contribution < -0.4 is 17.2 Å². The lowest BCUT2D eigenvalue weighted by Crippen LogP contribution is -2.07. The van der Waals surface area contributed by atoms with Gasteiger partial charge in [0.25, 0.3) is 0 Å². The van der Waals surface area contributed by atoms with Crippen LogP contribution in [0.3, 0.4) is 0 Å². The number of para-hydroxylation sites is 2. The molecule has 1 aromatic heterocycles. The zero-order valence-electron chi connectivity index (χ0n) is 14.2. The Hall–Kier alpha value is -3.75. The van der Waals surface area contributed by atoms with E-state index < -0.39 is 11.9 Å². The minimum atomic E-state index is -0.472. The largest absolute Gasteiger partial charge is 0.465 e. The van der Waals surface area contributed by atoms with Crippen LogP contribution in [0.25, 0.3) is 11.0 Å². The molecule has 0 bridgehead atoms.